The van der Waals surface area contributed by atoms with Crippen LogP contribution in [0.4, 0.5) is 0 Å². The predicted molar refractivity (Wildman–Crippen MR) is 120 cm³/mol. The molecule has 8 heteroatoms. The van der Waals surface area contributed by atoms with E-state index in [2.05, 4.69) is 22.2 Å². The van der Waals surface area contributed by atoms with Gasteiger partial charge in [-0.05, 0) is 90.6 Å². The van der Waals surface area contributed by atoms with Gasteiger partial charge >= 0.3 is 0 Å². The molecule has 0 aliphatic carbocycles. The van der Waals surface area contributed by atoms with Crippen LogP contribution in [0.5, 0.6) is 0 Å². The molecule has 0 aromatic heterocycles. The van der Waals surface area contributed by atoms with Crippen molar-refractivity contribution in [1.82, 2.24) is 20.0 Å². The zero-order chi connectivity index (χ0) is 16.9. The van der Waals surface area contributed by atoms with Crippen LogP contribution in [0.3, 0.4) is 0 Å². The van der Waals surface area contributed by atoms with E-state index in [1.165, 1.54) is 58.3 Å². The summed E-state index contributed by atoms with van der Waals surface area (Å²) in [5.74, 6) is 1.11. The quantitative estimate of drug-likeness (QED) is 0.706. The minimum absolute atomic E-state index is 0. The minimum atomic E-state index is 0. The molecule has 3 aliphatic rings. The summed E-state index contributed by atoms with van der Waals surface area (Å²) in [7, 11) is 4.22. The molecule has 0 bridgehead atoms. The van der Waals surface area contributed by atoms with Crippen LogP contribution >= 0.6 is 37.2 Å². The van der Waals surface area contributed by atoms with Gasteiger partial charge in [0.05, 0.1) is 6.04 Å². The number of hydrogen-bond donors (Lipinski definition) is 1. The Morgan fingerprint density at radius 1 is 1.00 bits per heavy atom. The molecular weight excluding hydrogens is 407 g/mol. The van der Waals surface area contributed by atoms with Crippen LogP contribution in [0.25, 0.3) is 0 Å². The summed E-state index contributed by atoms with van der Waals surface area (Å²) >= 11 is 0. The van der Waals surface area contributed by atoms with E-state index in [4.69, 9.17) is 0 Å². The number of hydrogen-bond acceptors (Lipinski definition) is 4. The number of amides is 1. The highest BCUT2D eigenvalue weighted by atomic mass is 35.5. The van der Waals surface area contributed by atoms with Gasteiger partial charge in [0.25, 0.3) is 0 Å². The molecular formula is C19H39Cl3N4O. The van der Waals surface area contributed by atoms with Gasteiger partial charge in [-0.2, -0.15) is 0 Å². The summed E-state index contributed by atoms with van der Waals surface area (Å²) < 4.78 is 0. The van der Waals surface area contributed by atoms with Crippen molar-refractivity contribution >= 4 is 43.1 Å². The van der Waals surface area contributed by atoms with E-state index in [1.807, 2.05) is 11.9 Å². The summed E-state index contributed by atoms with van der Waals surface area (Å²) in [6.07, 6.45) is 8.64. The van der Waals surface area contributed by atoms with Crippen molar-refractivity contribution in [2.45, 2.75) is 57.0 Å². The zero-order valence-corrected chi connectivity index (χ0v) is 19.3. The number of nitrogens with one attached hydrogen (secondary N) is 1. The fourth-order valence-electron chi connectivity index (χ4n) is 4.61. The van der Waals surface area contributed by atoms with Gasteiger partial charge in [-0.1, -0.05) is 0 Å². The molecule has 0 spiro atoms. The molecule has 3 rings (SSSR count). The molecule has 0 aromatic carbocycles. The van der Waals surface area contributed by atoms with E-state index in [0.29, 0.717) is 5.91 Å². The van der Waals surface area contributed by atoms with E-state index in [1.54, 1.807) is 0 Å². The van der Waals surface area contributed by atoms with E-state index in [-0.39, 0.29) is 43.3 Å². The maximum atomic E-state index is 12.4. The molecule has 5 nitrogen and oxygen atoms in total. The summed E-state index contributed by atoms with van der Waals surface area (Å²) in [5.41, 5.74) is 0. The second-order valence-corrected chi connectivity index (χ2v) is 8.21. The van der Waals surface area contributed by atoms with E-state index in [0.717, 1.165) is 37.9 Å². The Balaban J connectivity index is 0.00000225. The first kappa shape index (κ1) is 27.2. The highest BCUT2D eigenvalue weighted by molar-refractivity contribution is 5.86. The fraction of sp³-hybridized carbons (Fsp3) is 0.947. The molecule has 1 unspecified atom stereocenters. The van der Waals surface area contributed by atoms with Gasteiger partial charge < -0.3 is 20.0 Å². The van der Waals surface area contributed by atoms with Crippen molar-refractivity contribution in [2.75, 3.05) is 53.4 Å². The second kappa shape index (κ2) is 13.4. The summed E-state index contributed by atoms with van der Waals surface area (Å²) in [6, 6.07) is 0.904. The Morgan fingerprint density at radius 3 is 2.19 bits per heavy atom. The molecule has 1 atom stereocenters. The maximum absolute atomic E-state index is 12.4. The molecule has 0 aromatic rings. The molecule has 3 heterocycles. The molecule has 3 saturated heterocycles. The zero-order valence-electron chi connectivity index (χ0n) is 16.9. The lowest BCUT2D eigenvalue weighted by Gasteiger charge is -2.41. The Labute approximate surface area is 184 Å². The van der Waals surface area contributed by atoms with E-state index in [9.17, 15) is 4.79 Å². The molecule has 3 aliphatic heterocycles. The number of likely N-dealkylation sites (N-methyl/N-ethyl adjacent to an activating group) is 1. The Bertz CT molecular complexity index is 408. The topological polar surface area (TPSA) is 38.8 Å². The van der Waals surface area contributed by atoms with E-state index >= 15 is 0 Å². The van der Waals surface area contributed by atoms with Crippen molar-refractivity contribution in [3.05, 3.63) is 0 Å². The number of rotatable bonds is 5. The number of likely N-dealkylation sites (tertiary alicyclic amines) is 2. The van der Waals surface area contributed by atoms with Crippen LogP contribution in [-0.4, -0.2) is 86.1 Å². The van der Waals surface area contributed by atoms with Crippen molar-refractivity contribution in [3.63, 3.8) is 0 Å². The van der Waals surface area contributed by atoms with Crippen LogP contribution in [0, 0.1) is 5.92 Å². The van der Waals surface area contributed by atoms with Gasteiger partial charge in [0.2, 0.25) is 5.91 Å². The Hall–Kier alpha value is 0.220. The lowest BCUT2D eigenvalue weighted by Crippen LogP contribution is -2.47. The third kappa shape index (κ3) is 7.87. The Morgan fingerprint density at radius 2 is 1.63 bits per heavy atom. The van der Waals surface area contributed by atoms with E-state index < -0.39 is 0 Å². The van der Waals surface area contributed by atoms with Gasteiger partial charge in [0, 0.05) is 19.6 Å². The molecule has 0 radical (unpaired) electrons. The van der Waals surface area contributed by atoms with Crippen LogP contribution in [0.15, 0.2) is 0 Å². The number of halogens is 3. The van der Waals surface area contributed by atoms with Gasteiger partial charge in [-0.25, -0.2) is 0 Å². The molecule has 0 saturated carbocycles. The third-order valence-corrected chi connectivity index (χ3v) is 6.46. The smallest absolute Gasteiger partial charge is 0.239 e. The number of piperidine rings is 2. The Kier molecular flexibility index (Phi) is 13.6. The van der Waals surface area contributed by atoms with Gasteiger partial charge in [0.15, 0.2) is 0 Å². The average molecular weight is 446 g/mol. The second-order valence-electron chi connectivity index (χ2n) is 8.21. The largest absolute Gasteiger partial charge is 0.344 e. The molecule has 1 N–H and O–H groups in total. The first-order valence-electron chi connectivity index (χ1n) is 10.0. The van der Waals surface area contributed by atoms with Crippen LogP contribution < -0.4 is 5.32 Å². The minimum Gasteiger partial charge on any atom is -0.344 e. The lowest BCUT2D eigenvalue weighted by atomic mass is 9.91. The normalized spacial score (nSPS) is 25.2. The molecule has 3 fully saturated rings. The van der Waals surface area contributed by atoms with Gasteiger partial charge in [0.1, 0.15) is 0 Å². The monoisotopic (exact) mass is 444 g/mol. The van der Waals surface area contributed by atoms with Gasteiger partial charge in [-0.15, -0.1) is 37.2 Å². The maximum Gasteiger partial charge on any atom is 0.239 e. The summed E-state index contributed by atoms with van der Waals surface area (Å²) in [5, 5.41) is 3.32. The van der Waals surface area contributed by atoms with Crippen LogP contribution in [0.2, 0.25) is 0 Å². The highest BCUT2D eigenvalue weighted by Crippen LogP contribution is 2.25. The van der Waals surface area contributed by atoms with Crippen molar-refractivity contribution in [3.8, 4) is 0 Å². The third-order valence-electron chi connectivity index (χ3n) is 6.46. The first-order valence-corrected chi connectivity index (χ1v) is 10.0. The number of nitrogens with zero attached hydrogens (tertiary/aromatic N) is 3. The predicted octanol–water partition coefficient (Wildman–Crippen LogP) is 2.66. The number of carbonyl (C=O) groups is 1. The standard InChI is InChI=1S/C19H36N4O.3ClH/c1-21-11-8-17(9-12-21)23-14-6-16(7-15-23)5-13-22(2)19(24)18-4-3-10-20-18;;;/h16-18,20H,3-15H2,1-2H3;3*1H. The summed E-state index contributed by atoms with van der Waals surface area (Å²) in [4.78, 5) is 19.5. The van der Waals surface area contributed by atoms with Crippen molar-refractivity contribution < 1.29 is 4.79 Å². The fourth-order valence-corrected chi connectivity index (χ4v) is 4.61. The molecule has 162 valence electrons. The SMILES string of the molecule is CN1CCC(N2CCC(CCN(C)C(=O)C3CCCN3)CC2)CC1.Cl.Cl.Cl. The molecule has 27 heavy (non-hydrogen) atoms. The first-order chi connectivity index (χ1) is 11.6. The van der Waals surface area contributed by atoms with Crippen molar-refractivity contribution in [1.29, 1.82) is 0 Å². The summed E-state index contributed by atoms with van der Waals surface area (Å²) in [6.45, 7) is 6.97. The average Bonchev–Trinajstić information content (AvgIpc) is 3.15. The van der Waals surface area contributed by atoms with Crippen LogP contribution in [0.1, 0.15) is 44.9 Å². The highest BCUT2D eigenvalue weighted by Gasteiger charge is 2.28. The number of carbonyl (C=O) groups excluding carboxylic acids is 1. The van der Waals surface area contributed by atoms with Crippen LogP contribution in [-0.2, 0) is 4.79 Å². The molecule has 1 amide bonds. The van der Waals surface area contributed by atoms with Gasteiger partial charge in [-0.3, -0.25) is 4.79 Å². The van der Waals surface area contributed by atoms with Crippen molar-refractivity contribution in [2.24, 2.45) is 5.92 Å². The lowest BCUT2D eigenvalue weighted by molar-refractivity contribution is -0.131.